The molecule has 0 saturated carbocycles. The van der Waals surface area contributed by atoms with Crippen LogP contribution in [0.4, 0.5) is 40.3 Å². The van der Waals surface area contributed by atoms with Crippen molar-refractivity contribution in [1.29, 1.82) is 0 Å². The molecule has 316 valence electrons. The minimum absolute atomic E-state index is 0.00228. The number of likely N-dealkylation sites (tertiary alicyclic amines) is 1. The number of carboxylic acids is 1. The van der Waals surface area contributed by atoms with Crippen LogP contribution in [0.15, 0.2) is 78.6 Å². The van der Waals surface area contributed by atoms with Crippen LogP contribution >= 0.6 is 0 Å². The minimum atomic E-state index is -5.10. The molecule has 3 aromatic carbocycles. The zero-order valence-corrected chi connectivity index (χ0v) is 34.3. The Kier molecular flexibility index (Phi) is 13.7. The number of hydrogen-bond donors (Lipinski definition) is 2. The highest BCUT2D eigenvalue weighted by Gasteiger charge is 2.46. The molecular formula is C41H48F7N3O6Si. The largest absolute Gasteiger partial charge is 0.539 e. The molecule has 1 aliphatic heterocycles. The molecule has 3 aromatic rings. The van der Waals surface area contributed by atoms with E-state index < -0.39 is 79.4 Å². The number of halogens is 7. The van der Waals surface area contributed by atoms with E-state index in [4.69, 9.17) is 9.16 Å². The van der Waals surface area contributed by atoms with Gasteiger partial charge in [0, 0.05) is 20.1 Å². The molecular weight excluding hydrogens is 792 g/mol. The van der Waals surface area contributed by atoms with Crippen LogP contribution in [0.25, 0.3) is 0 Å². The summed E-state index contributed by atoms with van der Waals surface area (Å²) in [6, 6.07) is 12.0. The van der Waals surface area contributed by atoms with E-state index in [9.17, 15) is 50.2 Å². The highest BCUT2D eigenvalue weighted by atomic mass is 28.4. The zero-order valence-electron chi connectivity index (χ0n) is 33.3. The molecule has 0 aromatic heterocycles. The molecule has 0 aliphatic carbocycles. The van der Waals surface area contributed by atoms with Crippen LogP contribution in [0.1, 0.15) is 79.5 Å². The number of rotatable bonds is 11. The summed E-state index contributed by atoms with van der Waals surface area (Å²) in [6.07, 6.45) is -9.90. The summed E-state index contributed by atoms with van der Waals surface area (Å²) in [5.74, 6) is -2.25. The lowest BCUT2D eigenvalue weighted by molar-refractivity contribution is -0.143. The van der Waals surface area contributed by atoms with Crippen LogP contribution in [0.3, 0.4) is 0 Å². The van der Waals surface area contributed by atoms with Crippen molar-refractivity contribution in [3.8, 4) is 0 Å². The molecule has 0 bridgehead atoms. The molecule has 2 atom stereocenters. The van der Waals surface area contributed by atoms with Gasteiger partial charge in [0.15, 0.2) is 5.76 Å². The number of carbonyl (C=O) groups is 3. The fraction of sp³-hybridized carbons (Fsp3) is 0.439. The third-order valence-electron chi connectivity index (χ3n) is 10.7. The molecule has 17 heteroatoms. The molecule has 0 radical (unpaired) electrons. The number of benzene rings is 3. The van der Waals surface area contributed by atoms with Gasteiger partial charge in [0.1, 0.15) is 12.4 Å². The third-order valence-corrected chi connectivity index (χ3v) is 15.0. The Balaban J connectivity index is 1.75. The fourth-order valence-electron chi connectivity index (χ4n) is 6.48. The highest BCUT2D eigenvalue weighted by Crippen LogP contribution is 2.43. The number of nitrogens with zero attached hydrogens (tertiary/aromatic N) is 2. The number of alkyl halides is 6. The van der Waals surface area contributed by atoms with Gasteiger partial charge < -0.3 is 29.4 Å². The standard InChI is InChI=1S/C41H48F7N3O6Si/c1-26-19-31(42)13-14-32(26)33-23-39(49-36(54)56-25-27-11-9-8-10-12-27,16-15-34(35(52)53)57-58(6,7)38(2,3)4)17-18-51(33)37(55)50(5)24-28-20-29(40(43,44)45)22-30(21-28)41(46,47)48/h8-15,19-22,33H,16-18,23-25H2,1-7H3,(H,49,54)(H,52,53)/b34-15+/t33-,39-/m1/s1. The van der Waals surface area contributed by atoms with Crippen LogP contribution in [0.5, 0.6) is 0 Å². The average molecular weight is 840 g/mol. The van der Waals surface area contributed by atoms with Crippen molar-refractivity contribution in [2.24, 2.45) is 0 Å². The van der Waals surface area contributed by atoms with Gasteiger partial charge in [0.2, 0.25) is 0 Å². The summed E-state index contributed by atoms with van der Waals surface area (Å²) in [5.41, 5.74) is -3.26. The van der Waals surface area contributed by atoms with E-state index in [2.05, 4.69) is 5.32 Å². The van der Waals surface area contributed by atoms with Crippen molar-refractivity contribution in [3.63, 3.8) is 0 Å². The van der Waals surface area contributed by atoms with E-state index in [1.807, 2.05) is 33.9 Å². The summed E-state index contributed by atoms with van der Waals surface area (Å²) >= 11 is 0. The molecule has 9 nitrogen and oxygen atoms in total. The predicted molar refractivity (Wildman–Crippen MR) is 204 cm³/mol. The van der Waals surface area contributed by atoms with Gasteiger partial charge in [-0.1, -0.05) is 57.2 Å². The van der Waals surface area contributed by atoms with E-state index in [0.717, 1.165) is 4.90 Å². The molecule has 58 heavy (non-hydrogen) atoms. The molecule has 2 N–H and O–H groups in total. The number of hydrogen-bond acceptors (Lipinski definition) is 5. The van der Waals surface area contributed by atoms with Gasteiger partial charge in [0.25, 0.3) is 8.32 Å². The van der Waals surface area contributed by atoms with E-state index in [0.29, 0.717) is 28.8 Å². The first-order valence-corrected chi connectivity index (χ1v) is 21.3. The molecule has 0 spiro atoms. The highest BCUT2D eigenvalue weighted by molar-refractivity contribution is 6.74. The van der Waals surface area contributed by atoms with E-state index >= 15 is 0 Å². The lowest BCUT2D eigenvalue weighted by atomic mass is 9.77. The van der Waals surface area contributed by atoms with Crippen molar-refractivity contribution >= 4 is 26.4 Å². The SMILES string of the molecule is Cc1cc(F)ccc1[C@H]1C[C@](C/C=C(/O[Si](C)(C)C(C)(C)C)C(=O)O)(NC(=O)OCc2ccccc2)CCN1C(=O)N(C)Cc1cc(C(F)(F)F)cc(C(F)(F)F)c1. The van der Waals surface area contributed by atoms with Crippen LogP contribution < -0.4 is 5.32 Å². The number of aryl methyl sites for hydroxylation is 1. The first-order valence-electron chi connectivity index (χ1n) is 18.4. The lowest BCUT2D eigenvalue weighted by Gasteiger charge is -2.48. The smallest absolute Gasteiger partial charge is 0.416 e. The second-order valence-electron chi connectivity index (χ2n) is 16.1. The Labute approximate surface area is 333 Å². The normalized spacial score (nSPS) is 18.1. The van der Waals surface area contributed by atoms with Crippen molar-refractivity contribution in [3.05, 3.63) is 118 Å². The number of amides is 3. The number of carbonyl (C=O) groups excluding carboxylic acids is 2. The number of carboxylic acid groups (broad SMARTS) is 1. The number of ether oxygens (including phenoxy) is 1. The van der Waals surface area contributed by atoms with E-state index in [-0.39, 0.29) is 49.3 Å². The minimum Gasteiger partial charge on any atom is -0.539 e. The third kappa shape index (κ3) is 11.5. The van der Waals surface area contributed by atoms with Crippen LogP contribution in [0, 0.1) is 12.7 Å². The molecule has 1 heterocycles. The Hall–Kier alpha value is -5.06. The number of piperidine rings is 1. The molecule has 0 unspecified atom stereocenters. The van der Waals surface area contributed by atoms with Crippen molar-refractivity contribution in [2.75, 3.05) is 13.6 Å². The summed E-state index contributed by atoms with van der Waals surface area (Å²) in [6.45, 7) is 10.3. The van der Waals surface area contributed by atoms with Crippen LogP contribution in [-0.2, 0) is 39.5 Å². The molecule has 1 saturated heterocycles. The van der Waals surface area contributed by atoms with Crippen molar-refractivity contribution in [2.45, 2.75) is 102 Å². The molecule has 1 fully saturated rings. The van der Waals surface area contributed by atoms with Crippen LogP contribution in [-0.4, -0.2) is 60.4 Å². The Bertz CT molecular complexity index is 1970. The van der Waals surface area contributed by atoms with Gasteiger partial charge in [-0.3, -0.25) is 0 Å². The maximum absolute atomic E-state index is 14.4. The topological polar surface area (TPSA) is 108 Å². The Morgan fingerprint density at radius 2 is 1.55 bits per heavy atom. The number of aliphatic carboxylic acids is 1. The van der Waals surface area contributed by atoms with Crippen molar-refractivity contribution in [1.82, 2.24) is 15.1 Å². The first-order chi connectivity index (χ1) is 26.7. The van der Waals surface area contributed by atoms with Crippen LogP contribution in [0.2, 0.25) is 18.1 Å². The average Bonchev–Trinajstić information content (AvgIpc) is 3.11. The monoisotopic (exact) mass is 839 g/mol. The van der Waals surface area contributed by atoms with Gasteiger partial charge in [-0.2, -0.15) is 26.3 Å². The number of nitrogens with one attached hydrogen (secondary N) is 1. The second-order valence-corrected chi connectivity index (χ2v) is 20.8. The summed E-state index contributed by atoms with van der Waals surface area (Å²) in [7, 11) is -1.45. The summed E-state index contributed by atoms with van der Waals surface area (Å²) < 4.78 is 108. The summed E-state index contributed by atoms with van der Waals surface area (Å²) in [5, 5.41) is 12.8. The first kappa shape index (κ1) is 45.6. The quantitative estimate of drug-likeness (QED) is 0.0862. The maximum atomic E-state index is 14.4. The fourth-order valence-corrected chi connectivity index (χ4v) is 7.50. The lowest BCUT2D eigenvalue weighted by Crippen LogP contribution is -2.58. The molecule has 4 rings (SSSR count). The van der Waals surface area contributed by atoms with Crippen molar-refractivity contribution < 1.29 is 59.4 Å². The number of urea groups is 1. The maximum Gasteiger partial charge on any atom is 0.416 e. The zero-order chi connectivity index (χ0) is 43.4. The van der Waals surface area contributed by atoms with Gasteiger partial charge in [-0.15, -0.1) is 0 Å². The second kappa shape index (κ2) is 17.4. The molecule has 1 aliphatic rings. The number of alkyl carbamates (subject to hydrolysis) is 1. The summed E-state index contributed by atoms with van der Waals surface area (Å²) in [4.78, 5) is 42.6. The predicted octanol–water partition coefficient (Wildman–Crippen LogP) is 10.6. The van der Waals surface area contributed by atoms with E-state index in [1.165, 1.54) is 36.2 Å². The van der Waals surface area contributed by atoms with Gasteiger partial charge in [0.05, 0.1) is 22.7 Å². The Morgan fingerprint density at radius 3 is 2.09 bits per heavy atom. The molecule has 3 amide bonds. The Morgan fingerprint density at radius 1 is 0.948 bits per heavy atom. The van der Waals surface area contributed by atoms with Gasteiger partial charge >= 0.3 is 30.4 Å². The van der Waals surface area contributed by atoms with Gasteiger partial charge in [-0.25, -0.2) is 18.8 Å². The van der Waals surface area contributed by atoms with E-state index in [1.54, 1.807) is 37.3 Å². The van der Waals surface area contributed by atoms with Gasteiger partial charge in [-0.05, 0) is 103 Å².